The second-order valence-corrected chi connectivity index (χ2v) is 4.98. The number of nitrogens with zero attached hydrogens (tertiary/aromatic N) is 1. The number of hydrogen-bond donors (Lipinski definition) is 1. The molecule has 2 rings (SSSR count). The normalized spacial score (nSPS) is 10.4. The molecule has 0 aliphatic heterocycles. The minimum atomic E-state index is -0.243. The Morgan fingerprint density at radius 1 is 1.44 bits per heavy atom. The fourth-order valence-electron chi connectivity index (χ4n) is 1.53. The van der Waals surface area contributed by atoms with E-state index < -0.39 is 0 Å². The summed E-state index contributed by atoms with van der Waals surface area (Å²) in [6.07, 6.45) is 1.79. The van der Waals surface area contributed by atoms with Crippen LogP contribution in [0.3, 0.4) is 0 Å². The average Bonchev–Trinajstić information content (AvgIpc) is 2.76. The Hall–Kier alpha value is -1.62. The lowest BCUT2D eigenvalue weighted by Gasteiger charge is -2.07. The summed E-state index contributed by atoms with van der Waals surface area (Å²) in [5, 5.41) is 4.04. The highest BCUT2D eigenvalue weighted by Crippen LogP contribution is 2.23. The molecule has 0 fully saturated rings. The number of halogens is 1. The summed E-state index contributed by atoms with van der Waals surface area (Å²) in [6.45, 7) is 5.16. The van der Waals surface area contributed by atoms with Crippen molar-refractivity contribution >= 4 is 16.5 Å². The van der Waals surface area contributed by atoms with E-state index in [-0.39, 0.29) is 5.82 Å². The highest BCUT2D eigenvalue weighted by atomic mass is 32.1. The molecule has 0 spiro atoms. The molecule has 0 saturated heterocycles. The van der Waals surface area contributed by atoms with Crippen LogP contribution in [0.2, 0.25) is 0 Å². The van der Waals surface area contributed by atoms with E-state index in [4.69, 9.17) is 4.74 Å². The van der Waals surface area contributed by atoms with Gasteiger partial charge in [0.25, 0.3) is 0 Å². The van der Waals surface area contributed by atoms with Crippen molar-refractivity contribution in [1.82, 2.24) is 4.98 Å². The maximum absolute atomic E-state index is 12.9. The Labute approximate surface area is 110 Å². The van der Waals surface area contributed by atoms with Gasteiger partial charge in [0.2, 0.25) is 0 Å². The topological polar surface area (TPSA) is 34.2 Å². The van der Waals surface area contributed by atoms with Gasteiger partial charge in [-0.3, -0.25) is 0 Å². The predicted octanol–water partition coefficient (Wildman–Crippen LogP) is 3.60. The quantitative estimate of drug-likeness (QED) is 0.897. The molecule has 96 valence electrons. The molecule has 2 aromatic rings. The second kappa shape index (κ2) is 5.82. The molecule has 1 N–H and O–H groups in total. The van der Waals surface area contributed by atoms with Gasteiger partial charge in [0.15, 0.2) is 5.13 Å². The van der Waals surface area contributed by atoms with Crippen LogP contribution in [0.4, 0.5) is 9.52 Å². The van der Waals surface area contributed by atoms with Crippen LogP contribution in [-0.4, -0.2) is 11.5 Å². The van der Waals surface area contributed by atoms with Crippen LogP contribution in [-0.2, 0) is 6.61 Å². The molecule has 0 saturated carbocycles. The van der Waals surface area contributed by atoms with Crippen LogP contribution in [0, 0.1) is 12.7 Å². The van der Waals surface area contributed by atoms with Gasteiger partial charge in [-0.25, -0.2) is 9.37 Å². The van der Waals surface area contributed by atoms with Crippen LogP contribution in [0.5, 0.6) is 5.75 Å². The number of benzene rings is 1. The molecule has 0 radical (unpaired) electrons. The molecule has 0 aliphatic carbocycles. The Morgan fingerprint density at radius 3 is 3.00 bits per heavy atom. The first-order valence-corrected chi connectivity index (χ1v) is 6.58. The van der Waals surface area contributed by atoms with Gasteiger partial charge < -0.3 is 10.1 Å². The van der Waals surface area contributed by atoms with E-state index in [9.17, 15) is 4.39 Å². The van der Waals surface area contributed by atoms with Crippen molar-refractivity contribution in [2.24, 2.45) is 0 Å². The minimum absolute atomic E-state index is 0.243. The summed E-state index contributed by atoms with van der Waals surface area (Å²) in [6, 6.07) is 4.52. The molecule has 5 heteroatoms. The van der Waals surface area contributed by atoms with Gasteiger partial charge in [0.05, 0.1) is 4.88 Å². The third-order valence-electron chi connectivity index (χ3n) is 2.39. The van der Waals surface area contributed by atoms with Crippen molar-refractivity contribution in [3.05, 3.63) is 40.7 Å². The molecular weight excluding hydrogens is 251 g/mol. The first-order valence-electron chi connectivity index (χ1n) is 5.76. The summed E-state index contributed by atoms with van der Waals surface area (Å²) in [4.78, 5) is 5.26. The zero-order valence-electron chi connectivity index (χ0n) is 10.4. The summed E-state index contributed by atoms with van der Waals surface area (Å²) in [5.41, 5.74) is 0.798. The van der Waals surface area contributed by atoms with E-state index in [0.29, 0.717) is 12.4 Å². The number of nitrogens with one attached hydrogen (secondary N) is 1. The molecule has 18 heavy (non-hydrogen) atoms. The smallest absolute Gasteiger partial charge is 0.182 e. The van der Waals surface area contributed by atoms with E-state index in [1.54, 1.807) is 23.6 Å². The van der Waals surface area contributed by atoms with Gasteiger partial charge >= 0.3 is 0 Å². The second-order valence-electron chi connectivity index (χ2n) is 3.86. The summed E-state index contributed by atoms with van der Waals surface area (Å²) in [7, 11) is 0. The van der Waals surface area contributed by atoms with E-state index in [2.05, 4.69) is 10.3 Å². The monoisotopic (exact) mass is 266 g/mol. The van der Waals surface area contributed by atoms with Crippen LogP contribution in [0.25, 0.3) is 0 Å². The third kappa shape index (κ3) is 3.20. The summed E-state index contributed by atoms with van der Waals surface area (Å²) >= 11 is 1.56. The van der Waals surface area contributed by atoms with E-state index in [0.717, 1.165) is 22.1 Å². The van der Waals surface area contributed by atoms with E-state index in [1.165, 1.54) is 12.1 Å². The molecule has 1 heterocycles. The van der Waals surface area contributed by atoms with Crippen LogP contribution < -0.4 is 10.1 Å². The number of anilines is 1. The average molecular weight is 266 g/mol. The van der Waals surface area contributed by atoms with Crippen molar-refractivity contribution in [2.45, 2.75) is 20.5 Å². The molecule has 0 aliphatic rings. The van der Waals surface area contributed by atoms with Crippen LogP contribution in [0.1, 0.15) is 17.4 Å². The largest absolute Gasteiger partial charge is 0.488 e. The summed E-state index contributed by atoms with van der Waals surface area (Å²) in [5.74, 6) is 0.460. The predicted molar refractivity (Wildman–Crippen MR) is 71.7 cm³/mol. The Bertz CT molecular complexity index is 527. The Morgan fingerprint density at radius 2 is 2.28 bits per heavy atom. The lowest BCUT2D eigenvalue weighted by Crippen LogP contribution is -1.95. The molecule has 1 aromatic heterocycles. The van der Waals surface area contributed by atoms with Crippen molar-refractivity contribution in [3.8, 4) is 5.75 Å². The molecular formula is C13H15FN2OS. The molecule has 0 amide bonds. The fourth-order valence-corrected chi connectivity index (χ4v) is 2.32. The van der Waals surface area contributed by atoms with E-state index in [1.807, 2.05) is 13.8 Å². The van der Waals surface area contributed by atoms with Gasteiger partial charge in [-0.15, -0.1) is 0 Å². The number of thiazole rings is 1. The molecule has 0 bridgehead atoms. The van der Waals surface area contributed by atoms with Crippen molar-refractivity contribution in [3.63, 3.8) is 0 Å². The van der Waals surface area contributed by atoms with Gasteiger partial charge in [-0.1, -0.05) is 11.3 Å². The van der Waals surface area contributed by atoms with Gasteiger partial charge in [-0.05, 0) is 37.6 Å². The zero-order chi connectivity index (χ0) is 13.0. The lowest BCUT2D eigenvalue weighted by atomic mass is 10.2. The third-order valence-corrected chi connectivity index (χ3v) is 3.32. The molecule has 0 unspecified atom stereocenters. The highest BCUT2D eigenvalue weighted by Gasteiger charge is 2.04. The van der Waals surface area contributed by atoms with E-state index >= 15 is 0 Å². The fraction of sp³-hybridized carbons (Fsp3) is 0.308. The zero-order valence-corrected chi connectivity index (χ0v) is 11.2. The number of aryl methyl sites for hydroxylation is 1. The van der Waals surface area contributed by atoms with Gasteiger partial charge in [-0.2, -0.15) is 0 Å². The van der Waals surface area contributed by atoms with Crippen molar-refractivity contribution in [1.29, 1.82) is 0 Å². The number of rotatable bonds is 5. The van der Waals surface area contributed by atoms with Gasteiger partial charge in [0, 0.05) is 12.7 Å². The number of aromatic nitrogens is 1. The Kier molecular flexibility index (Phi) is 4.15. The maximum Gasteiger partial charge on any atom is 0.182 e. The molecule has 3 nitrogen and oxygen atoms in total. The van der Waals surface area contributed by atoms with Crippen molar-refractivity contribution in [2.75, 3.05) is 11.9 Å². The van der Waals surface area contributed by atoms with Crippen LogP contribution >= 0.6 is 11.3 Å². The first kappa shape index (κ1) is 12.8. The number of hydrogen-bond acceptors (Lipinski definition) is 4. The molecule has 1 aromatic carbocycles. The lowest BCUT2D eigenvalue weighted by molar-refractivity contribution is 0.307. The van der Waals surface area contributed by atoms with Gasteiger partial charge in [0.1, 0.15) is 18.2 Å². The van der Waals surface area contributed by atoms with Crippen LogP contribution in [0.15, 0.2) is 24.4 Å². The maximum atomic E-state index is 12.9. The van der Waals surface area contributed by atoms with Crippen molar-refractivity contribution < 1.29 is 9.13 Å². The SMILES string of the molecule is CCNc1ncc(COc2ccc(F)cc2C)s1. The standard InChI is InChI=1S/C13H15FN2OS/c1-3-15-13-16-7-11(18-13)8-17-12-5-4-10(14)6-9(12)2/h4-7H,3,8H2,1-2H3,(H,15,16). The first-order chi connectivity index (χ1) is 8.69. The summed E-state index contributed by atoms with van der Waals surface area (Å²) < 4.78 is 18.6. The minimum Gasteiger partial charge on any atom is -0.488 e. The number of ether oxygens (including phenoxy) is 1. The highest BCUT2D eigenvalue weighted by molar-refractivity contribution is 7.15. The molecule has 0 atom stereocenters. The Balaban J connectivity index is 1.97.